The molecule has 2 N–H and O–H groups in total. The van der Waals surface area contributed by atoms with Gasteiger partial charge in [0.05, 0.1) is 15.9 Å². The van der Waals surface area contributed by atoms with Gasteiger partial charge in [0.25, 0.3) is 0 Å². The van der Waals surface area contributed by atoms with Crippen molar-refractivity contribution in [3.8, 4) is 0 Å². The van der Waals surface area contributed by atoms with Crippen molar-refractivity contribution in [2.45, 2.75) is 32.0 Å². The minimum absolute atomic E-state index is 0.0531. The Hall–Kier alpha value is -0.680. The van der Waals surface area contributed by atoms with Crippen LogP contribution in [0.15, 0.2) is 34.1 Å². The Kier molecular flexibility index (Phi) is 3.76. The van der Waals surface area contributed by atoms with Crippen molar-refractivity contribution in [3.05, 3.63) is 55.7 Å². The van der Waals surface area contributed by atoms with Gasteiger partial charge in [0.1, 0.15) is 0 Å². The lowest BCUT2D eigenvalue weighted by Crippen LogP contribution is -2.28. The molecule has 0 saturated heterocycles. The van der Waals surface area contributed by atoms with Crippen LogP contribution in [0, 0.1) is 6.92 Å². The lowest BCUT2D eigenvalue weighted by Gasteiger charge is -2.17. The van der Waals surface area contributed by atoms with E-state index >= 15 is 0 Å². The lowest BCUT2D eigenvalue weighted by atomic mass is 10.1. The van der Waals surface area contributed by atoms with E-state index in [1.807, 2.05) is 12.1 Å². The Labute approximate surface area is 125 Å². The standard InChI is InChI=1S/C15H16BrNOS/c1-9-6-11(19-15(9)16)8-17-14-12-5-3-2-4-10(12)7-13(14)18/h2-6,13-14,17-18H,7-8H2,1H3/t13-,14+/m0/s1. The minimum atomic E-state index is -0.318. The van der Waals surface area contributed by atoms with Gasteiger partial charge in [0, 0.05) is 17.8 Å². The quantitative estimate of drug-likeness (QED) is 0.897. The van der Waals surface area contributed by atoms with Crippen molar-refractivity contribution in [1.29, 1.82) is 0 Å². The third-order valence-electron chi connectivity index (χ3n) is 3.61. The molecule has 2 aromatic rings. The van der Waals surface area contributed by atoms with Crippen LogP contribution in [-0.2, 0) is 13.0 Å². The maximum absolute atomic E-state index is 10.2. The number of hydrogen-bond donors (Lipinski definition) is 2. The van der Waals surface area contributed by atoms with Crippen molar-refractivity contribution in [2.24, 2.45) is 0 Å². The highest BCUT2D eigenvalue weighted by atomic mass is 79.9. The SMILES string of the molecule is Cc1cc(CN[C@@H]2c3ccccc3C[C@@H]2O)sc1Br. The van der Waals surface area contributed by atoms with E-state index in [0.717, 1.165) is 13.0 Å². The summed E-state index contributed by atoms with van der Waals surface area (Å²) in [4.78, 5) is 1.29. The van der Waals surface area contributed by atoms with Gasteiger partial charge >= 0.3 is 0 Å². The fourth-order valence-corrected chi connectivity index (χ4v) is 4.22. The fourth-order valence-electron chi connectivity index (χ4n) is 2.64. The van der Waals surface area contributed by atoms with Crippen LogP contribution in [0.2, 0.25) is 0 Å². The van der Waals surface area contributed by atoms with E-state index in [4.69, 9.17) is 0 Å². The van der Waals surface area contributed by atoms with Gasteiger partial charge in [-0.15, -0.1) is 11.3 Å². The summed E-state index contributed by atoms with van der Waals surface area (Å²) in [6, 6.07) is 10.5. The first-order valence-corrected chi connectivity index (χ1v) is 8.00. The molecule has 2 nitrogen and oxygen atoms in total. The molecule has 0 fully saturated rings. The molecule has 1 aliphatic carbocycles. The maximum Gasteiger partial charge on any atom is 0.0775 e. The van der Waals surface area contributed by atoms with E-state index in [2.05, 4.69) is 46.4 Å². The summed E-state index contributed by atoms with van der Waals surface area (Å²) in [5.74, 6) is 0. The number of aliphatic hydroxyl groups is 1. The number of thiophene rings is 1. The monoisotopic (exact) mass is 337 g/mol. The van der Waals surface area contributed by atoms with Crippen molar-refractivity contribution >= 4 is 27.3 Å². The predicted molar refractivity (Wildman–Crippen MR) is 82.5 cm³/mol. The number of fused-ring (bicyclic) bond motifs is 1. The maximum atomic E-state index is 10.2. The van der Waals surface area contributed by atoms with Crippen LogP contribution in [0.3, 0.4) is 0 Å². The van der Waals surface area contributed by atoms with E-state index in [1.165, 1.54) is 25.4 Å². The Morgan fingerprint density at radius 1 is 1.42 bits per heavy atom. The number of aryl methyl sites for hydroxylation is 1. The number of rotatable bonds is 3. The summed E-state index contributed by atoms with van der Waals surface area (Å²) in [6.45, 7) is 2.90. The van der Waals surface area contributed by atoms with E-state index in [0.29, 0.717) is 0 Å². The molecule has 0 aliphatic heterocycles. The Morgan fingerprint density at radius 2 is 2.21 bits per heavy atom. The second-order valence-corrected chi connectivity index (χ2v) is 7.45. The molecule has 100 valence electrons. The highest BCUT2D eigenvalue weighted by Crippen LogP contribution is 2.32. The highest BCUT2D eigenvalue weighted by Gasteiger charge is 2.30. The molecule has 19 heavy (non-hydrogen) atoms. The van der Waals surface area contributed by atoms with Gasteiger partial charge in [-0.2, -0.15) is 0 Å². The Bertz CT molecular complexity index is 576. The number of nitrogens with one attached hydrogen (secondary N) is 1. The summed E-state index contributed by atoms with van der Waals surface area (Å²) in [7, 11) is 0. The molecular weight excluding hydrogens is 322 g/mol. The molecule has 0 spiro atoms. The highest BCUT2D eigenvalue weighted by molar-refractivity contribution is 9.11. The van der Waals surface area contributed by atoms with Crippen molar-refractivity contribution in [3.63, 3.8) is 0 Å². The third-order valence-corrected chi connectivity index (χ3v) is 5.75. The Morgan fingerprint density at radius 3 is 2.95 bits per heavy atom. The summed E-state index contributed by atoms with van der Waals surface area (Å²) in [5, 5.41) is 13.7. The normalized spacial score (nSPS) is 21.6. The number of halogens is 1. The second kappa shape index (κ2) is 5.37. The van der Waals surface area contributed by atoms with Gasteiger partial charge in [-0.05, 0) is 45.6 Å². The molecule has 0 saturated carbocycles. The summed E-state index contributed by atoms with van der Waals surface area (Å²) < 4.78 is 1.19. The molecule has 1 aromatic heterocycles. The molecular formula is C15H16BrNOS. The summed E-state index contributed by atoms with van der Waals surface area (Å²) in [5.41, 5.74) is 3.77. The number of aliphatic hydroxyl groups excluding tert-OH is 1. The van der Waals surface area contributed by atoms with Gasteiger partial charge in [0.15, 0.2) is 0 Å². The van der Waals surface area contributed by atoms with E-state index in [1.54, 1.807) is 11.3 Å². The van der Waals surface area contributed by atoms with Gasteiger partial charge in [0.2, 0.25) is 0 Å². The fraction of sp³-hybridized carbons (Fsp3) is 0.333. The van der Waals surface area contributed by atoms with Crippen LogP contribution in [0.5, 0.6) is 0 Å². The number of hydrogen-bond acceptors (Lipinski definition) is 3. The first kappa shape index (κ1) is 13.3. The molecule has 1 aliphatic rings. The van der Waals surface area contributed by atoms with Crippen LogP contribution >= 0.6 is 27.3 Å². The number of benzene rings is 1. The molecule has 4 heteroatoms. The first-order valence-electron chi connectivity index (χ1n) is 6.39. The average Bonchev–Trinajstić information content (AvgIpc) is 2.87. The van der Waals surface area contributed by atoms with E-state index in [-0.39, 0.29) is 12.1 Å². The van der Waals surface area contributed by atoms with Crippen LogP contribution in [-0.4, -0.2) is 11.2 Å². The molecule has 2 atom stereocenters. The van der Waals surface area contributed by atoms with Crippen molar-refractivity contribution in [1.82, 2.24) is 5.32 Å². The van der Waals surface area contributed by atoms with Gasteiger partial charge in [-0.25, -0.2) is 0 Å². The van der Waals surface area contributed by atoms with Gasteiger partial charge in [-0.3, -0.25) is 0 Å². The van der Waals surface area contributed by atoms with E-state index in [9.17, 15) is 5.11 Å². The van der Waals surface area contributed by atoms with Crippen LogP contribution in [0.4, 0.5) is 0 Å². The largest absolute Gasteiger partial charge is 0.391 e. The zero-order valence-electron chi connectivity index (χ0n) is 10.7. The van der Waals surface area contributed by atoms with Crippen molar-refractivity contribution in [2.75, 3.05) is 0 Å². The second-order valence-electron chi connectivity index (χ2n) is 5.00. The average molecular weight is 338 g/mol. The molecule has 1 heterocycles. The van der Waals surface area contributed by atoms with Gasteiger partial charge in [-0.1, -0.05) is 24.3 Å². The van der Waals surface area contributed by atoms with Crippen LogP contribution in [0.1, 0.15) is 27.6 Å². The topological polar surface area (TPSA) is 32.3 Å². The Balaban J connectivity index is 1.73. The van der Waals surface area contributed by atoms with Crippen LogP contribution in [0.25, 0.3) is 0 Å². The molecule has 0 bridgehead atoms. The molecule has 1 aromatic carbocycles. The first-order chi connectivity index (χ1) is 9.15. The predicted octanol–water partition coefficient (Wildman–Crippen LogP) is 3.57. The molecule has 0 unspecified atom stereocenters. The molecule has 0 amide bonds. The zero-order chi connectivity index (χ0) is 13.4. The molecule has 0 radical (unpaired) electrons. The van der Waals surface area contributed by atoms with Gasteiger partial charge < -0.3 is 10.4 Å². The lowest BCUT2D eigenvalue weighted by molar-refractivity contribution is 0.141. The smallest absolute Gasteiger partial charge is 0.0775 e. The minimum Gasteiger partial charge on any atom is -0.391 e. The third kappa shape index (κ3) is 2.63. The summed E-state index contributed by atoms with van der Waals surface area (Å²) >= 11 is 5.30. The van der Waals surface area contributed by atoms with E-state index < -0.39 is 0 Å². The summed E-state index contributed by atoms with van der Waals surface area (Å²) in [6.07, 6.45) is 0.433. The zero-order valence-corrected chi connectivity index (χ0v) is 13.1. The van der Waals surface area contributed by atoms with Crippen molar-refractivity contribution < 1.29 is 5.11 Å². The van der Waals surface area contributed by atoms with Crippen LogP contribution < -0.4 is 5.32 Å². The molecule has 3 rings (SSSR count).